The third-order valence-corrected chi connectivity index (χ3v) is 18.6. The number of hydrogen-bond acceptors (Lipinski definition) is 1. The van der Waals surface area contributed by atoms with Gasteiger partial charge in [-0.1, -0.05) is 124 Å². The molecule has 0 saturated carbocycles. The smallest absolute Gasteiger partial charge is 0.201 e. The van der Waals surface area contributed by atoms with Crippen LogP contribution in [0.2, 0.25) is 34.3 Å². The highest BCUT2D eigenvalue weighted by Gasteiger charge is 2.56. The molecule has 29 heavy (non-hydrogen) atoms. The van der Waals surface area contributed by atoms with Gasteiger partial charge in [0.2, 0.25) is 16.6 Å². The Morgan fingerprint density at radius 3 is 0.931 bits per heavy atom. The maximum Gasteiger partial charge on any atom is 0.201 e. The molecule has 0 aromatic carbocycles. The van der Waals surface area contributed by atoms with E-state index in [9.17, 15) is 0 Å². The third-order valence-electron chi connectivity index (χ3n) is 6.91. The molecule has 0 N–H and O–H groups in total. The molecule has 0 unspecified atom stereocenters. The van der Waals surface area contributed by atoms with Crippen molar-refractivity contribution in [2.75, 3.05) is 0 Å². The Bertz CT molecular complexity index is 652. The first kappa shape index (κ1) is 20.6. The van der Waals surface area contributed by atoms with Gasteiger partial charge in [0.15, 0.2) is 0 Å². The fourth-order valence-corrected chi connectivity index (χ4v) is 18.8. The van der Waals surface area contributed by atoms with Crippen LogP contribution in [0.15, 0.2) is 97.2 Å². The minimum absolute atomic E-state index is 0.465. The second-order valence-corrected chi connectivity index (χ2v) is 17.0. The van der Waals surface area contributed by atoms with Gasteiger partial charge in [0.05, 0.1) is 0 Å². The molecular weight excluding hydrogens is 384 g/mol. The van der Waals surface area contributed by atoms with Crippen molar-refractivity contribution >= 4 is 16.6 Å². The van der Waals surface area contributed by atoms with Gasteiger partial charge in [-0.05, 0) is 12.1 Å². The van der Waals surface area contributed by atoms with E-state index >= 15 is 0 Å². The molecule has 152 valence electrons. The average Bonchev–Trinajstić information content (AvgIpc) is 3.55. The van der Waals surface area contributed by atoms with Gasteiger partial charge in [-0.2, -0.15) is 0 Å². The molecule has 0 fully saturated rings. The zero-order valence-electron chi connectivity index (χ0n) is 17.8. The van der Waals surface area contributed by atoms with Crippen LogP contribution in [-0.4, -0.2) is 16.6 Å². The van der Waals surface area contributed by atoms with Crippen LogP contribution in [-0.2, 0) is 4.12 Å². The molecule has 0 aliphatic heterocycles. The molecule has 4 rings (SSSR count). The summed E-state index contributed by atoms with van der Waals surface area (Å²) >= 11 is 0. The fourth-order valence-electron chi connectivity index (χ4n) is 5.65. The average molecular weight is 419 g/mol. The topological polar surface area (TPSA) is 9.23 Å². The predicted molar refractivity (Wildman–Crippen MR) is 131 cm³/mol. The monoisotopic (exact) mass is 418 g/mol. The van der Waals surface area contributed by atoms with Crippen LogP contribution in [0.25, 0.3) is 0 Å². The van der Waals surface area contributed by atoms with Crippen molar-refractivity contribution in [1.82, 2.24) is 0 Å². The van der Waals surface area contributed by atoms with Crippen molar-refractivity contribution in [3.05, 3.63) is 97.2 Å². The Morgan fingerprint density at radius 1 is 0.483 bits per heavy atom. The van der Waals surface area contributed by atoms with Gasteiger partial charge in [0.25, 0.3) is 0 Å². The van der Waals surface area contributed by atoms with Crippen LogP contribution in [0, 0.1) is 0 Å². The van der Waals surface area contributed by atoms with Crippen molar-refractivity contribution < 1.29 is 4.12 Å². The summed E-state index contributed by atoms with van der Waals surface area (Å²) in [5.41, 5.74) is 1.86. The van der Waals surface area contributed by atoms with E-state index in [1.165, 1.54) is 24.9 Å². The van der Waals surface area contributed by atoms with E-state index in [-0.39, 0.29) is 0 Å². The lowest BCUT2D eigenvalue weighted by molar-refractivity contribution is 0.483. The van der Waals surface area contributed by atoms with Gasteiger partial charge >= 0.3 is 0 Å². The van der Waals surface area contributed by atoms with Crippen molar-refractivity contribution in [1.29, 1.82) is 0 Å². The van der Waals surface area contributed by atoms with E-state index < -0.39 is 16.6 Å². The molecule has 0 aromatic rings. The van der Waals surface area contributed by atoms with E-state index in [0.717, 1.165) is 0 Å². The van der Waals surface area contributed by atoms with E-state index in [0.29, 0.717) is 22.2 Å². The molecule has 0 aromatic heterocycles. The SMILES string of the molecule is CCC[Si](O[Si](CCC)(C1C=CC=C1)C1C=CC=C1)(C1C=CC=C1)C1C=CC=C1. The number of allylic oxidation sites excluding steroid dienone is 16. The molecule has 1 nitrogen and oxygen atoms in total. The van der Waals surface area contributed by atoms with E-state index in [1.807, 2.05) is 0 Å². The van der Waals surface area contributed by atoms with Gasteiger partial charge in [0.1, 0.15) is 0 Å². The van der Waals surface area contributed by atoms with Crippen molar-refractivity contribution in [2.24, 2.45) is 0 Å². The minimum Gasteiger partial charge on any atom is -0.452 e. The first-order chi connectivity index (χ1) is 14.2. The van der Waals surface area contributed by atoms with E-state index in [4.69, 9.17) is 4.12 Å². The maximum absolute atomic E-state index is 7.91. The van der Waals surface area contributed by atoms with Crippen LogP contribution in [0.1, 0.15) is 26.7 Å². The Labute approximate surface area is 178 Å². The number of rotatable bonds is 10. The second-order valence-electron chi connectivity index (χ2n) is 8.69. The lowest BCUT2D eigenvalue weighted by Gasteiger charge is -2.50. The first-order valence-corrected chi connectivity index (χ1v) is 15.9. The van der Waals surface area contributed by atoms with Crippen molar-refractivity contribution in [3.8, 4) is 0 Å². The maximum atomic E-state index is 7.91. The molecule has 0 atom stereocenters. The number of hydrogen-bond donors (Lipinski definition) is 0. The summed E-state index contributed by atoms with van der Waals surface area (Å²) in [5, 5.41) is 0. The normalized spacial score (nSPS) is 21.9. The largest absolute Gasteiger partial charge is 0.452 e. The lowest BCUT2D eigenvalue weighted by atomic mass is 10.4. The van der Waals surface area contributed by atoms with Crippen LogP contribution in [0.4, 0.5) is 0 Å². The van der Waals surface area contributed by atoms with Crippen LogP contribution in [0.5, 0.6) is 0 Å². The Balaban J connectivity index is 1.83. The quantitative estimate of drug-likeness (QED) is 0.330. The van der Waals surface area contributed by atoms with Gasteiger partial charge in [-0.25, -0.2) is 0 Å². The van der Waals surface area contributed by atoms with Crippen molar-refractivity contribution in [3.63, 3.8) is 0 Å². The molecule has 0 bridgehead atoms. The highest BCUT2D eigenvalue weighted by atomic mass is 28.4. The molecule has 0 spiro atoms. The molecule has 4 aliphatic rings. The predicted octanol–water partition coefficient (Wildman–Crippen LogP) is 7.70. The summed E-state index contributed by atoms with van der Waals surface area (Å²) < 4.78 is 7.91. The highest BCUT2D eigenvalue weighted by Crippen LogP contribution is 2.53. The Hall–Kier alpha value is -1.69. The summed E-state index contributed by atoms with van der Waals surface area (Å²) in [4.78, 5) is 0. The zero-order chi connectivity index (χ0) is 20.2. The van der Waals surface area contributed by atoms with Crippen molar-refractivity contribution in [2.45, 2.75) is 60.9 Å². The fraction of sp³-hybridized carbons (Fsp3) is 0.385. The van der Waals surface area contributed by atoms with Gasteiger partial charge in [-0.3, -0.25) is 0 Å². The Kier molecular flexibility index (Phi) is 6.38. The molecule has 0 saturated heterocycles. The Morgan fingerprint density at radius 2 is 0.724 bits per heavy atom. The second kappa shape index (κ2) is 8.99. The first-order valence-electron chi connectivity index (χ1n) is 11.4. The summed E-state index contributed by atoms with van der Waals surface area (Å²) in [6, 6.07) is 2.43. The summed E-state index contributed by atoms with van der Waals surface area (Å²) in [5.74, 6) is 0. The van der Waals surface area contributed by atoms with Crippen LogP contribution in [0.3, 0.4) is 0 Å². The van der Waals surface area contributed by atoms with E-state index in [2.05, 4.69) is 111 Å². The molecule has 0 amide bonds. The summed E-state index contributed by atoms with van der Waals surface area (Å²) in [6.45, 7) is 4.67. The zero-order valence-corrected chi connectivity index (χ0v) is 19.8. The summed E-state index contributed by atoms with van der Waals surface area (Å²) in [6.07, 6.45) is 39.7. The van der Waals surface area contributed by atoms with Gasteiger partial charge in [0, 0.05) is 22.2 Å². The molecule has 0 heterocycles. The third kappa shape index (κ3) is 3.76. The minimum atomic E-state index is -2.16. The van der Waals surface area contributed by atoms with Gasteiger partial charge in [-0.15, -0.1) is 0 Å². The molecular formula is C26H34OSi2. The van der Waals surface area contributed by atoms with E-state index in [1.54, 1.807) is 0 Å². The molecule has 4 aliphatic carbocycles. The van der Waals surface area contributed by atoms with Gasteiger partial charge < -0.3 is 4.12 Å². The van der Waals surface area contributed by atoms with Crippen LogP contribution >= 0.6 is 0 Å². The summed E-state index contributed by atoms with van der Waals surface area (Å²) in [7, 11) is -4.32. The van der Waals surface area contributed by atoms with Crippen LogP contribution < -0.4 is 0 Å². The standard InChI is InChI=1S/C26H34OSi2/c1-3-21-28(23-13-5-6-14-23,24-15-7-8-16-24)27-29(22-4-2,25-17-9-10-18-25)26-19-11-12-20-26/h5-20,23-26H,3-4,21-22H2,1-2H3. The highest BCUT2D eigenvalue weighted by molar-refractivity contribution is 6.91. The molecule has 0 radical (unpaired) electrons. The lowest BCUT2D eigenvalue weighted by Crippen LogP contribution is -2.58. The molecule has 3 heteroatoms.